The van der Waals surface area contributed by atoms with Crippen LogP contribution in [0.3, 0.4) is 0 Å². The summed E-state index contributed by atoms with van der Waals surface area (Å²) in [7, 11) is 0. The van der Waals surface area contributed by atoms with Gasteiger partial charge in [0, 0.05) is 43.3 Å². The molecule has 10 nitrogen and oxygen atoms in total. The van der Waals surface area contributed by atoms with Gasteiger partial charge in [-0.05, 0) is 93.8 Å². The number of piperidine rings is 3. The number of nitrogens with one attached hydrogen (secondary N) is 1. The average Bonchev–Trinajstić information content (AvgIpc) is 3.48. The van der Waals surface area contributed by atoms with Gasteiger partial charge in [-0.2, -0.15) is 0 Å². The monoisotopic (exact) mass is 618 g/mol. The van der Waals surface area contributed by atoms with Crippen molar-refractivity contribution in [3.8, 4) is 23.0 Å². The minimum absolute atomic E-state index is 0.0428. The van der Waals surface area contributed by atoms with E-state index < -0.39 is 23.7 Å². The third-order valence-electron chi connectivity index (χ3n) is 9.59. The Labute approximate surface area is 263 Å². The molecule has 3 saturated heterocycles. The Morgan fingerprint density at radius 3 is 2.60 bits per heavy atom. The summed E-state index contributed by atoms with van der Waals surface area (Å²) < 4.78 is 16.8. The molecule has 0 aromatic heterocycles. The number of hydrogen-bond donors (Lipinski definition) is 3. The highest BCUT2D eigenvalue weighted by Crippen LogP contribution is 2.46. The number of esters is 1. The standard InChI is InChI=1S/C35H42N2O8/c1-21-6-5-9-25(38)8-4-2-3-7-24-16-28(39)33(34(41)32(24)35(42)45-21)26(23-10-11-29-30(17-23)44-20-43-29)18-31(40)36-27-19-37-14-12-22(27)13-15-37/h3,7,10-11,16-17,21-22,26-27,39,41H,2,4-6,8-9,12-15,18-20H2,1H3,(H,36,40)/b7-3+/t21-,26?,27?/m0/s1. The van der Waals surface area contributed by atoms with E-state index in [4.69, 9.17) is 14.2 Å². The normalized spacial score (nSPS) is 26.3. The number of amides is 1. The van der Waals surface area contributed by atoms with Crippen LogP contribution < -0.4 is 14.8 Å². The molecule has 3 atom stereocenters. The molecule has 1 amide bonds. The van der Waals surface area contributed by atoms with E-state index in [2.05, 4.69) is 10.2 Å². The quantitative estimate of drug-likeness (QED) is 0.394. The van der Waals surface area contributed by atoms with Gasteiger partial charge in [0.15, 0.2) is 11.5 Å². The largest absolute Gasteiger partial charge is 0.507 e. The lowest BCUT2D eigenvalue weighted by Crippen LogP contribution is -2.57. The number of benzene rings is 2. The van der Waals surface area contributed by atoms with Gasteiger partial charge in [0.2, 0.25) is 12.7 Å². The number of fused-ring (bicyclic) bond motifs is 5. The molecule has 3 N–H and O–H groups in total. The van der Waals surface area contributed by atoms with Gasteiger partial charge in [0.25, 0.3) is 0 Å². The number of carbonyl (C=O) groups excluding carboxylic acids is 3. The van der Waals surface area contributed by atoms with Crippen molar-refractivity contribution in [2.75, 3.05) is 26.4 Å². The Morgan fingerprint density at radius 2 is 1.82 bits per heavy atom. The van der Waals surface area contributed by atoms with Crippen molar-refractivity contribution in [2.45, 2.75) is 82.8 Å². The third kappa shape index (κ3) is 6.96. The number of phenolic OH excluding ortho intramolecular Hbond substituents is 2. The smallest absolute Gasteiger partial charge is 0.342 e. The van der Waals surface area contributed by atoms with Crippen LogP contribution in [0, 0.1) is 5.92 Å². The topological polar surface area (TPSA) is 135 Å². The van der Waals surface area contributed by atoms with Crippen LogP contribution in [0.4, 0.5) is 0 Å². The molecule has 5 aliphatic rings. The van der Waals surface area contributed by atoms with Crippen molar-refractivity contribution in [3.63, 3.8) is 0 Å². The van der Waals surface area contributed by atoms with E-state index in [1.165, 1.54) is 6.07 Å². The summed E-state index contributed by atoms with van der Waals surface area (Å²) in [4.78, 5) is 41.8. The fourth-order valence-electron chi connectivity index (χ4n) is 7.12. The van der Waals surface area contributed by atoms with E-state index >= 15 is 0 Å². The minimum Gasteiger partial charge on any atom is -0.507 e. The highest BCUT2D eigenvalue weighted by Gasteiger charge is 2.36. The Morgan fingerprint density at radius 1 is 1.04 bits per heavy atom. The highest BCUT2D eigenvalue weighted by atomic mass is 16.7. The number of hydrogen-bond acceptors (Lipinski definition) is 9. The number of phenols is 2. The Balaban J connectivity index is 1.37. The molecule has 5 heterocycles. The molecule has 0 aliphatic carbocycles. The number of rotatable bonds is 5. The van der Waals surface area contributed by atoms with E-state index in [1.54, 1.807) is 31.2 Å². The predicted octanol–water partition coefficient (Wildman–Crippen LogP) is 5.04. The van der Waals surface area contributed by atoms with Crippen LogP contribution in [0.15, 0.2) is 30.3 Å². The maximum atomic E-state index is 13.7. The molecule has 3 fully saturated rings. The van der Waals surface area contributed by atoms with Crippen LogP contribution in [0.25, 0.3) is 6.08 Å². The minimum atomic E-state index is -0.806. The fraction of sp³-hybridized carbons (Fsp3) is 0.514. The van der Waals surface area contributed by atoms with Gasteiger partial charge in [-0.3, -0.25) is 9.59 Å². The van der Waals surface area contributed by atoms with Crippen molar-refractivity contribution in [2.24, 2.45) is 5.92 Å². The molecule has 2 bridgehead atoms. The molecule has 5 aliphatic heterocycles. The molecule has 45 heavy (non-hydrogen) atoms. The summed E-state index contributed by atoms with van der Waals surface area (Å²) in [6, 6.07) is 6.76. The summed E-state index contributed by atoms with van der Waals surface area (Å²) in [5.74, 6) is -0.730. The molecule has 0 saturated carbocycles. The number of nitrogens with zero attached hydrogens (tertiary/aromatic N) is 1. The zero-order valence-corrected chi connectivity index (χ0v) is 25.8. The molecular weight excluding hydrogens is 576 g/mol. The molecule has 10 heteroatoms. The van der Waals surface area contributed by atoms with E-state index in [9.17, 15) is 24.6 Å². The van der Waals surface area contributed by atoms with Crippen LogP contribution in [-0.4, -0.2) is 71.3 Å². The van der Waals surface area contributed by atoms with Gasteiger partial charge in [0.05, 0.1) is 6.10 Å². The second-order valence-electron chi connectivity index (χ2n) is 12.7. The van der Waals surface area contributed by atoms with Gasteiger partial charge in [0.1, 0.15) is 22.8 Å². The Bertz CT molecular complexity index is 1480. The van der Waals surface area contributed by atoms with E-state index in [1.807, 2.05) is 6.08 Å². The maximum absolute atomic E-state index is 13.7. The van der Waals surface area contributed by atoms with Crippen LogP contribution in [-0.2, 0) is 14.3 Å². The van der Waals surface area contributed by atoms with E-state index in [-0.39, 0.29) is 47.8 Å². The zero-order valence-electron chi connectivity index (χ0n) is 25.8. The van der Waals surface area contributed by atoms with Crippen molar-refractivity contribution in [3.05, 3.63) is 52.6 Å². The molecule has 2 aromatic carbocycles. The fourth-order valence-corrected chi connectivity index (χ4v) is 7.12. The Kier molecular flexibility index (Phi) is 9.30. The van der Waals surface area contributed by atoms with Crippen LogP contribution in [0.2, 0.25) is 0 Å². The molecule has 0 radical (unpaired) electrons. The number of ketones is 1. The number of Topliss-reactive ketones (excluding diaryl/α,β-unsaturated/α-hetero) is 1. The lowest BCUT2D eigenvalue weighted by Gasteiger charge is -2.45. The summed E-state index contributed by atoms with van der Waals surface area (Å²) in [5.41, 5.74) is 0.927. The third-order valence-corrected chi connectivity index (χ3v) is 9.59. The first-order valence-electron chi connectivity index (χ1n) is 16.2. The summed E-state index contributed by atoms with van der Waals surface area (Å²) in [6.07, 6.45) is 8.31. The van der Waals surface area contributed by atoms with Gasteiger partial charge in [-0.15, -0.1) is 0 Å². The first-order valence-corrected chi connectivity index (χ1v) is 16.2. The van der Waals surface area contributed by atoms with E-state index in [0.29, 0.717) is 67.1 Å². The molecular formula is C35H42N2O8. The number of aromatic hydroxyl groups is 2. The predicted molar refractivity (Wildman–Crippen MR) is 167 cm³/mol. The number of allylic oxidation sites excluding steroid dienone is 1. The second-order valence-corrected chi connectivity index (χ2v) is 12.7. The zero-order chi connectivity index (χ0) is 31.5. The van der Waals surface area contributed by atoms with Crippen molar-refractivity contribution >= 4 is 23.7 Å². The molecule has 0 spiro atoms. The van der Waals surface area contributed by atoms with Gasteiger partial charge >= 0.3 is 5.97 Å². The molecule has 2 aromatic rings. The maximum Gasteiger partial charge on any atom is 0.342 e. The van der Waals surface area contributed by atoms with Gasteiger partial charge < -0.3 is 34.6 Å². The van der Waals surface area contributed by atoms with Crippen molar-refractivity contribution in [1.82, 2.24) is 10.2 Å². The lowest BCUT2D eigenvalue weighted by molar-refractivity contribution is -0.123. The number of ether oxygens (including phenoxy) is 3. The SMILES string of the molecule is C[C@H]1CCCC(=O)CCC/C=C/c2cc(O)c(C(CC(=O)NC3CN4CCC3CC4)c3ccc4c(c3)OCO4)c(O)c2C(=O)O1. The summed E-state index contributed by atoms with van der Waals surface area (Å²) >= 11 is 0. The van der Waals surface area contributed by atoms with Crippen molar-refractivity contribution < 1.29 is 38.8 Å². The second kappa shape index (κ2) is 13.5. The average molecular weight is 619 g/mol. The molecule has 7 rings (SSSR count). The Hall–Kier alpha value is -4.05. The van der Waals surface area contributed by atoms with Crippen LogP contribution in [0.5, 0.6) is 23.0 Å². The molecule has 2 unspecified atom stereocenters. The van der Waals surface area contributed by atoms with Gasteiger partial charge in [-0.25, -0.2) is 4.79 Å². The number of cyclic esters (lactones) is 1. The number of carbonyl (C=O) groups is 3. The molecule has 240 valence electrons. The van der Waals surface area contributed by atoms with Crippen molar-refractivity contribution in [1.29, 1.82) is 0 Å². The summed E-state index contributed by atoms with van der Waals surface area (Å²) in [6.45, 7) is 4.74. The lowest BCUT2D eigenvalue weighted by atomic mass is 9.82. The van der Waals surface area contributed by atoms with E-state index in [0.717, 1.165) is 32.5 Å². The van der Waals surface area contributed by atoms with Gasteiger partial charge in [-0.1, -0.05) is 18.2 Å². The highest BCUT2D eigenvalue weighted by molar-refractivity contribution is 5.98. The van der Waals surface area contributed by atoms with Crippen LogP contribution >= 0.6 is 0 Å². The summed E-state index contributed by atoms with van der Waals surface area (Å²) in [5, 5.41) is 26.5. The first kappa shape index (κ1) is 31.0. The van der Waals surface area contributed by atoms with Crippen LogP contribution in [0.1, 0.15) is 97.7 Å². The first-order chi connectivity index (χ1) is 21.8.